The van der Waals surface area contributed by atoms with Crippen molar-refractivity contribution in [3.05, 3.63) is 35.4 Å². The molecule has 2 amide bonds. The molecule has 0 aromatic heterocycles. The Morgan fingerprint density at radius 2 is 1.65 bits per heavy atom. The highest BCUT2D eigenvalue weighted by molar-refractivity contribution is 6.21. The van der Waals surface area contributed by atoms with Crippen LogP contribution in [0.25, 0.3) is 0 Å². The van der Waals surface area contributed by atoms with Gasteiger partial charge in [-0.25, -0.2) is 0 Å². The van der Waals surface area contributed by atoms with E-state index < -0.39 is 0 Å². The number of benzene rings is 1. The summed E-state index contributed by atoms with van der Waals surface area (Å²) in [5.74, 6) is -0.622. The zero-order chi connectivity index (χ0) is 16.2. The Bertz CT molecular complexity index is 584. The second kappa shape index (κ2) is 6.94. The van der Waals surface area contributed by atoms with Gasteiger partial charge >= 0.3 is 5.97 Å². The third-order valence-corrected chi connectivity index (χ3v) is 4.59. The van der Waals surface area contributed by atoms with Crippen LogP contribution in [0.5, 0.6) is 0 Å². The number of hydrogen-bond donors (Lipinski definition) is 0. The fourth-order valence-electron chi connectivity index (χ4n) is 3.29. The van der Waals surface area contributed by atoms with Crippen molar-refractivity contribution in [2.75, 3.05) is 13.2 Å². The molecule has 3 rings (SSSR count). The summed E-state index contributed by atoms with van der Waals surface area (Å²) in [5.41, 5.74) is 0.911. The van der Waals surface area contributed by atoms with E-state index >= 15 is 0 Å². The molecule has 1 aromatic rings. The average molecular weight is 315 g/mol. The van der Waals surface area contributed by atoms with Gasteiger partial charge < -0.3 is 4.74 Å². The van der Waals surface area contributed by atoms with E-state index in [2.05, 4.69) is 0 Å². The van der Waals surface area contributed by atoms with Gasteiger partial charge in [-0.15, -0.1) is 0 Å². The molecule has 0 bridgehead atoms. The van der Waals surface area contributed by atoms with Crippen molar-refractivity contribution < 1.29 is 19.1 Å². The minimum atomic E-state index is -0.260. The number of esters is 1. The van der Waals surface area contributed by atoms with Crippen LogP contribution >= 0.6 is 0 Å². The molecule has 0 atom stereocenters. The predicted molar refractivity (Wildman–Crippen MR) is 84.0 cm³/mol. The summed E-state index contributed by atoms with van der Waals surface area (Å²) in [6, 6.07) is 6.83. The summed E-state index contributed by atoms with van der Waals surface area (Å²) >= 11 is 0. The molecule has 1 aliphatic carbocycles. The van der Waals surface area contributed by atoms with Gasteiger partial charge in [0.15, 0.2) is 0 Å². The SMILES string of the molecule is O=C(OCCCN1C(=O)c2ccccc2C1=O)C1CCCCC1. The molecule has 5 nitrogen and oxygen atoms in total. The second-order valence-electron chi connectivity index (χ2n) is 6.16. The summed E-state index contributed by atoms with van der Waals surface area (Å²) in [6.45, 7) is 0.535. The van der Waals surface area contributed by atoms with Crippen molar-refractivity contribution in [1.82, 2.24) is 4.90 Å². The number of carbonyl (C=O) groups is 3. The van der Waals surface area contributed by atoms with Gasteiger partial charge in [0.05, 0.1) is 23.7 Å². The van der Waals surface area contributed by atoms with E-state index in [9.17, 15) is 14.4 Å². The first-order chi connectivity index (χ1) is 11.2. The number of hydrogen-bond acceptors (Lipinski definition) is 4. The van der Waals surface area contributed by atoms with Gasteiger partial charge in [-0.3, -0.25) is 19.3 Å². The number of imide groups is 1. The minimum absolute atomic E-state index is 0.0306. The van der Waals surface area contributed by atoms with Crippen molar-refractivity contribution in [1.29, 1.82) is 0 Å². The minimum Gasteiger partial charge on any atom is -0.465 e. The molecule has 5 heteroatoms. The maximum absolute atomic E-state index is 12.2. The number of amides is 2. The van der Waals surface area contributed by atoms with Crippen molar-refractivity contribution in [2.24, 2.45) is 5.92 Å². The number of fused-ring (bicyclic) bond motifs is 1. The Balaban J connectivity index is 1.46. The van der Waals surface area contributed by atoms with E-state index in [4.69, 9.17) is 4.74 Å². The highest BCUT2D eigenvalue weighted by atomic mass is 16.5. The van der Waals surface area contributed by atoms with Gasteiger partial charge in [0.1, 0.15) is 0 Å². The Hall–Kier alpha value is -2.17. The molecular weight excluding hydrogens is 294 g/mol. The van der Waals surface area contributed by atoms with E-state index in [1.54, 1.807) is 24.3 Å². The van der Waals surface area contributed by atoms with E-state index in [0.29, 0.717) is 17.5 Å². The van der Waals surface area contributed by atoms with Gasteiger partial charge in [-0.2, -0.15) is 0 Å². The molecule has 1 fully saturated rings. The number of rotatable bonds is 5. The van der Waals surface area contributed by atoms with Crippen LogP contribution in [0.3, 0.4) is 0 Å². The van der Waals surface area contributed by atoms with Gasteiger partial charge in [0.25, 0.3) is 11.8 Å². The molecule has 2 aliphatic rings. The topological polar surface area (TPSA) is 63.7 Å². The zero-order valence-electron chi connectivity index (χ0n) is 13.1. The highest BCUT2D eigenvalue weighted by Gasteiger charge is 2.34. The first-order valence-corrected chi connectivity index (χ1v) is 8.30. The normalized spacial score (nSPS) is 18.2. The van der Waals surface area contributed by atoms with Crippen LogP contribution < -0.4 is 0 Å². The number of carbonyl (C=O) groups excluding carboxylic acids is 3. The molecule has 122 valence electrons. The Morgan fingerprint density at radius 3 is 2.26 bits per heavy atom. The molecular formula is C18H21NO4. The van der Waals surface area contributed by atoms with E-state index in [-0.39, 0.29) is 36.9 Å². The van der Waals surface area contributed by atoms with Crippen LogP contribution in [-0.2, 0) is 9.53 Å². The van der Waals surface area contributed by atoms with Crippen LogP contribution in [0.1, 0.15) is 59.2 Å². The summed E-state index contributed by atoms with van der Waals surface area (Å²) in [7, 11) is 0. The molecule has 1 aliphatic heterocycles. The van der Waals surface area contributed by atoms with Crippen molar-refractivity contribution in [2.45, 2.75) is 38.5 Å². The predicted octanol–water partition coefficient (Wildman–Crippen LogP) is 2.80. The fourth-order valence-corrected chi connectivity index (χ4v) is 3.29. The lowest BCUT2D eigenvalue weighted by molar-refractivity contribution is -0.149. The van der Waals surface area contributed by atoms with Gasteiger partial charge in [0, 0.05) is 6.54 Å². The molecule has 0 N–H and O–H groups in total. The molecule has 0 saturated heterocycles. The summed E-state index contributed by atoms with van der Waals surface area (Å²) in [5, 5.41) is 0. The van der Waals surface area contributed by atoms with Crippen molar-refractivity contribution >= 4 is 17.8 Å². The van der Waals surface area contributed by atoms with Crippen molar-refractivity contribution in [3.8, 4) is 0 Å². The van der Waals surface area contributed by atoms with E-state index in [1.165, 1.54) is 11.3 Å². The lowest BCUT2D eigenvalue weighted by Gasteiger charge is -2.20. The average Bonchev–Trinajstić information content (AvgIpc) is 2.84. The first kappa shape index (κ1) is 15.7. The summed E-state index contributed by atoms with van der Waals surface area (Å²) < 4.78 is 5.30. The molecule has 1 aromatic carbocycles. The molecule has 0 radical (unpaired) electrons. The van der Waals surface area contributed by atoms with Gasteiger partial charge in [-0.05, 0) is 31.4 Å². The maximum Gasteiger partial charge on any atom is 0.308 e. The smallest absolute Gasteiger partial charge is 0.308 e. The quantitative estimate of drug-likeness (QED) is 0.476. The molecule has 1 heterocycles. The van der Waals surface area contributed by atoms with Gasteiger partial charge in [0.2, 0.25) is 0 Å². The second-order valence-corrected chi connectivity index (χ2v) is 6.16. The van der Waals surface area contributed by atoms with Gasteiger partial charge in [-0.1, -0.05) is 31.4 Å². The molecule has 1 saturated carbocycles. The standard InChI is InChI=1S/C18H21NO4/c20-16-14-9-4-5-10-15(14)17(21)19(16)11-6-12-23-18(22)13-7-2-1-3-8-13/h4-5,9-10,13H,1-3,6-8,11-12H2. The van der Waals surface area contributed by atoms with Crippen LogP contribution in [-0.4, -0.2) is 35.8 Å². The van der Waals surface area contributed by atoms with Crippen molar-refractivity contribution in [3.63, 3.8) is 0 Å². The van der Waals surface area contributed by atoms with Crippen LogP contribution in [0.2, 0.25) is 0 Å². The Morgan fingerprint density at radius 1 is 1.04 bits per heavy atom. The molecule has 23 heavy (non-hydrogen) atoms. The summed E-state index contributed by atoms with van der Waals surface area (Å²) in [4.78, 5) is 37.5. The zero-order valence-corrected chi connectivity index (χ0v) is 13.1. The monoisotopic (exact) mass is 315 g/mol. The first-order valence-electron chi connectivity index (χ1n) is 8.30. The number of ether oxygens (including phenoxy) is 1. The highest BCUT2D eigenvalue weighted by Crippen LogP contribution is 2.25. The largest absolute Gasteiger partial charge is 0.465 e. The van der Waals surface area contributed by atoms with E-state index in [0.717, 1.165) is 25.7 Å². The number of nitrogens with zero attached hydrogens (tertiary/aromatic N) is 1. The third kappa shape index (κ3) is 3.28. The molecule has 0 unspecified atom stereocenters. The maximum atomic E-state index is 12.2. The Kier molecular flexibility index (Phi) is 4.74. The summed E-state index contributed by atoms with van der Waals surface area (Å²) in [6.07, 6.45) is 5.69. The lowest BCUT2D eigenvalue weighted by atomic mass is 9.89. The lowest BCUT2D eigenvalue weighted by Crippen LogP contribution is -2.31. The molecule has 0 spiro atoms. The van der Waals surface area contributed by atoms with E-state index in [1.807, 2.05) is 0 Å². The van der Waals surface area contributed by atoms with Crippen LogP contribution in [0.15, 0.2) is 24.3 Å². The Labute approximate surface area is 135 Å². The third-order valence-electron chi connectivity index (χ3n) is 4.59. The van der Waals surface area contributed by atoms with Crippen LogP contribution in [0.4, 0.5) is 0 Å². The fraction of sp³-hybridized carbons (Fsp3) is 0.500. The van der Waals surface area contributed by atoms with Crippen LogP contribution in [0, 0.1) is 5.92 Å².